The summed E-state index contributed by atoms with van der Waals surface area (Å²) < 4.78 is 18.2. The Morgan fingerprint density at radius 3 is 2.62 bits per heavy atom. The van der Waals surface area contributed by atoms with Gasteiger partial charge in [-0.05, 0) is 61.1 Å². The second kappa shape index (κ2) is 11.6. The summed E-state index contributed by atoms with van der Waals surface area (Å²) in [5, 5.41) is 21.3. The van der Waals surface area contributed by atoms with Crippen LogP contribution >= 0.6 is 15.9 Å². The molecule has 6 nitrogen and oxygen atoms in total. The number of unbranched alkanes of at least 4 members (excludes halogenated alkanes) is 3. The molecule has 0 amide bonds. The average Bonchev–Trinajstić information content (AvgIpc) is 2.82. The molecule has 0 radical (unpaired) electrons. The lowest BCUT2D eigenvalue weighted by Crippen LogP contribution is -2.39. The van der Waals surface area contributed by atoms with Gasteiger partial charge in [0.1, 0.15) is 6.61 Å². The van der Waals surface area contributed by atoms with Gasteiger partial charge < -0.3 is 24.4 Å². The molecule has 0 bridgehead atoms. The van der Waals surface area contributed by atoms with Gasteiger partial charge in [0.25, 0.3) is 0 Å². The van der Waals surface area contributed by atoms with E-state index in [-0.39, 0.29) is 17.5 Å². The summed E-state index contributed by atoms with van der Waals surface area (Å²) in [5.41, 5.74) is 4.58. The molecule has 2 aromatic rings. The number of phenols is 2. The van der Waals surface area contributed by atoms with Gasteiger partial charge >= 0.3 is 0 Å². The Balaban J connectivity index is 1.54. The van der Waals surface area contributed by atoms with Gasteiger partial charge in [-0.2, -0.15) is 0 Å². The van der Waals surface area contributed by atoms with E-state index in [9.17, 15) is 10.2 Å². The van der Waals surface area contributed by atoms with Crippen LogP contribution in [0.5, 0.6) is 23.0 Å². The summed E-state index contributed by atoms with van der Waals surface area (Å²) in [5.74, 6) is 1.51. The van der Waals surface area contributed by atoms with Crippen molar-refractivity contribution in [2.24, 2.45) is 0 Å². The van der Waals surface area contributed by atoms with Gasteiger partial charge in [-0.15, -0.1) is 0 Å². The van der Waals surface area contributed by atoms with Crippen LogP contribution in [0.1, 0.15) is 67.8 Å². The van der Waals surface area contributed by atoms with E-state index in [1.54, 1.807) is 6.07 Å². The third kappa shape index (κ3) is 5.47. The summed E-state index contributed by atoms with van der Waals surface area (Å²) in [7, 11) is 0. The molecule has 1 atom stereocenters. The molecule has 4 rings (SSSR count). The minimum Gasteiger partial charge on any atom is -0.504 e. The zero-order valence-electron chi connectivity index (χ0n) is 20.2. The van der Waals surface area contributed by atoms with Crippen LogP contribution in [-0.4, -0.2) is 48.1 Å². The van der Waals surface area contributed by atoms with Crippen LogP contribution < -0.4 is 9.47 Å². The van der Waals surface area contributed by atoms with Crippen molar-refractivity contribution in [3.8, 4) is 23.0 Å². The normalized spacial score (nSPS) is 17.1. The molecule has 2 aromatic carbocycles. The summed E-state index contributed by atoms with van der Waals surface area (Å²) >= 11 is 3.66. The number of hydrogen-bond acceptors (Lipinski definition) is 6. The summed E-state index contributed by atoms with van der Waals surface area (Å²) in [6.45, 7) is 7.91. The third-order valence-corrected chi connectivity index (χ3v) is 7.51. The lowest BCUT2D eigenvalue weighted by atomic mass is 9.83. The molecule has 0 aromatic heterocycles. The number of fused-ring (bicyclic) bond motifs is 4. The first kappa shape index (κ1) is 25.1. The molecular weight excluding hydrogens is 498 g/mol. The van der Waals surface area contributed by atoms with Gasteiger partial charge in [0.2, 0.25) is 0 Å². The molecule has 2 heterocycles. The SMILES string of the molecule is CCCCCCOc1cc2c(cc1O)[C@@H]1Cc3c(Br)cc(O)c(OCCOCC)c3CN1CC2. The standard InChI is InChI=1S/C27H36BrNO5/c1-3-5-6-7-10-33-26-13-18-8-9-29-17-21-20(14-23(29)19(18)15-24(26)30)22(28)16-25(31)27(21)34-12-11-32-4-2/h13,15-16,23,30-31H,3-12,14,17H2,1-2H3/t23-/m0/s1. The summed E-state index contributed by atoms with van der Waals surface area (Å²) in [4.78, 5) is 2.41. The molecule has 0 fully saturated rings. The third-order valence-electron chi connectivity index (χ3n) is 6.80. The summed E-state index contributed by atoms with van der Waals surface area (Å²) in [6.07, 6.45) is 6.25. The van der Waals surface area contributed by atoms with E-state index in [1.165, 1.54) is 18.4 Å². The van der Waals surface area contributed by atoms with Crippen LogP contribution in [0.25, 0.3) is 0 Å². The molecule has 0 saturated heterocycles. The van der Waals surface area contributed by atoms with E-state index in [4.69, 9.17) is 14.2 Å². The van der Waals surface area contributed by atoms with E-state index in [0.29, 0.717) is 44.5 Å². The molecule has 2 N–H and O–H groups in total. The lowest BCUT2D eigenvalue weighted by molar-refractivity contribution is 0.106. The maximum atomic E-state index is 10.7. The monoisotopic (exact) mass is 533 g/mol. The molecule has 7 heteroatoms. The summed E-state index contributed by atoms with van der Waals surface area (Å²) in [6, 6.07) is 5.82. The number of nitrogens with zero attached hydrogens (tertiary/aromatic N) is 1. The van der Waals surface area contributed by atoms with Crippen molar-refractivity contribution in [2.45, 2.75) is 65.0 Å². The van der Waals surface area contributed by atoms with Gasteiger partial charge in [-0.1, -0.05) is 42.1 Å². The average molecular weight is 534 g/mol. The highest BCUT2D eigenvalue weighted by Crippen LogP contribution is 2.47. The Morgan fingerprint density at radius 1 is 0.971 bits per heavy atom. The first-order chi connectivity index (χ1) is 16.5. The molecule has 0 spiro atoms. The van der Waals surface area contributed by atoms with Crippen molar-refractivity contribution in [1.82, 2.24) is 4.90 Å². The maximum Gasteiger partial charge on any atom is 0.165 e. The first-order valence-corrected chi connectivity index (χ1v) is 13.3. The Labute approximate surface area is 211 Å². The molecular formula is C27H36BrNO5. The van der Waals surface area contributed by atoms with E-state index >= 15 is 0 Å². The highest BCUT2D eigenvalue weighted by atomic mass is 79.9. The van der Waals surface area contributed by atoms with Crippen molar-refractivity contribution in [2.75, 3.05) is 33.0 Å². The molecule has 34 heavy (non-hydrogen) atoms. The fourth-order valence-corrected chi connectivity index (χ4v) is 5.64. The number of phenolic OH excluding ortho intramolecular Hbond substituents is 2. The van der Waals surface area contributed by atoms with E-state index in [1.807, 2.05) is 19.1 Å². The van der Waals surface area contributed by atoms with Crippen molar-refractivity contribution >= 4 is 15.9 Å². The molecule has 0 aliphatic carbocycles. The van der Waals surface area contributed by atoms with E-state index in [0.717, 1.165) is 53.4 Å². The molecule has 2 aliphatic heterocycles. The van der Waals surface area contributed by atoms with E-state index < -0.39 is 0 Å². The number of aromatic hydroxyl groups is 2. The highest BCUT2D eigenvalue weighted by molar-refractivity contribution is 9.10. The maximum absolute atomic E-state index is 10.7. The fourth-order valence-electron chi connectivity index (χ4n) is 5.03. The predicted octanol–water partition coefficient (Wildman–Crippen LogP) is 5.89. The van der Waals surface area contributed by atoms with Gasteiger partial charge in [0.15, 0.2) is 23.0 Å². The minimum atomic E-state index is 0.149. The molecule has 0 saturated carbocycles. The van der Waals surface area contributed by atoms with Crippen molar-refractivity contribution in [3.05, 3.63) is 44.9 Å². The Hall–Kier alpha value is -1.96. The number of hydrogen-bond donors (Lipinski definition) is 2. The Bertz CT molecular complexity index is 996. The Morgan fingerprint density at radius 2 is 1.82 bits per heavy atom. The van der Waals surface area contributed by atoms with Crippen LogP contribution in [0.2, 0.25) is 0 Å². The van der Waals surface area contributed by atoms with Crippen LogP contribution in [0.15, 0.2) is 22.7 Å². The second-order valence-corrected chi connectivity index (χ2v) is 9.93. The van der Waals surface area contributed by atoms with Crippen molar-refractivity contribution in [1.29, 1.82) is 0 Å². The van der Waals surface area contributed by atoms with Crippen molar-refractivity contribution in [3.63, 3.8) is 0 Å². The highest BCUT2D eigenvalue weighted by Gasteiger charge is 2.36. The largest absolute Gasteiger partial charge is 0.504 e. The fraction of sp³-hybridized carbons (Fsp3) is 0.556. The smallest absolute Gasteiger partial charge is 0.165 e. The van der Waals surface area contributed by atoms with Gasteiger partial charge in [-0.3, -0.25) is 4.90 Å². The zero-order valence-corrected chi connectivity index (χ0v) is 21.8. The van der Waals surface area contributed by atoms with E-state index in [2.05, 4.69) is 27.8 Å². The Kier molecular flexibility index (Phi) is 8.61. The van der Waals surface area contributed by atoms with Crippen molar-refractivity contribution < 1.29 is 24.4 Å². The van der Waals surface area contributed by atoms with Crippen LogP contribution in [0.4, 0.5) is 0 Å². The number of halogens is 1. The predicted molar refractivity (Wildman–Crippen MR) is 136 cm³/mol. The zero-order chi connectivity index (χ0) is 24.1. The topological polar surface area (TPSA) is 71.4 Å². The van der Waals surface area contributed by atoms with Crippen LogP contribution in [-0.2, 0) is 24.1 Å². The minimum absolute atomic E-state index is 0.149. The second-order valence-electron chi connectivity index (χ2n) is 9.08. The first-order valence-electron chi connectivity index (χ1n) is 12.5. The van der Waals surface area contributed by atoms with Crippen LogP contribution in [0.3, 0.4) is 0 Å². The van der Waals surface area contributed by atoms with Gasteiger partial charge in [0.05, 0.1) is 13.2 Å². The lowest BCUT2D eigenvalue weighted by Gasteiger charge is -2.42. The van der Waals surface area contributed by atoms with Crippen LogP contribution in [0, 0.1) is 0 Å². The number of rotatable bonds is 11. The quantitative estimate of drug-likeness (QED) is 0.351. The number of benzene rings is 2. The molecule has 186 valence electrons. The molecule has 0 unspecified atom stereocenters. The van der Waals surface area contributed by atoms with Gasteiger partial charge in [-0.25, -0.2) is 0 Å². The number of ether oxygens (including phenoxy) is 3. The molecule has 2 aliphatic rings. The van der Waals surface area contributed by atoms with Gasteiger partial charge in [0, 0.05) is 35.8 Å².